The lowest BCUT2D eigenvalue weighted by Crippen LogP contribution is -2.32. The lowest BCUT2D eigenvalue weighted by atomic mass is 10.2. The molecule has 0 aliphatic carbocycles. The molecule has 0 spiro atoms. The summed E-state index contributed by atoms with van der Waals surface area (Å²) >= 11 is 1.36. The maximum Gasteiger partial charge on any atom is 0.282 e. The molecule has 1 N–H and O–H groups in total. The molecule has 1 aliphatic heterocycles. The minimum absolute atomic E-state index is 0.0140. The van der Waals surface area contributed by atoms with Crippen LogP contribution in [0.25, 0.3) is 5.57 Å². The molecule has 0 radical (unpaired) electrons. The van der Waals surface area contributed by atoms with Gasteiger partial charge in [-0.15, -0.1) is 11.3 Å². The van der Waals surface area contributed by atoms with E-state index >= 15 is 0 Å². The van der Waals surface area contributed by atoms with Crippen LogP contribution < -0.4 is 15.0 Å². The Balaban J connectivity index is 1.71. The summed E-state index contributed by atoms with van der Waals surface area (Å²) in [6, 6.07) is 16.1. The standard InChI is InChI=1S/C23H19FN2O3S/c1-14(2)29-18-10-8-17(9-11-18)26-22(27)20(19-7-4-12-30-19)21(23(26)28)25-16-6-3-5-15(24)13-16/h3-14,25H,1-2H3. The monoisotopic (exact) mass is 422 g/mol. The molecule has 1 aliphatic rings. The predicted octanol–water partition coefficient (Wildman–Crippen LogP) is 5.07. The zero-order chi connectivity index (χ0) is 21.3. The van der Waals surface area contributed by atoms with Gasteiger partial charge in [0.05, 0.1) is 17.4 Å². The molecule has 30 heavy (non-hydrogen) atoms. The zero-order valence-corrected chi connectivity index (χ0v) is 17.2. The van der Waals surface area contributed by atoms with Crippen molar-refractivity contribution in [3.8, 4) is 5.75 Å². The Hall–Kier alpha value is -3.45. The molecule has 2 aromatic carbocycles. The van der Waals surface area contributed by atoms with Gasteiger partial charge in [-0.1, -0.05) is 12.1 Å². The number of amides is 2. The highest BCUT2D eigenvalue weighted by atomic mass is 32.1. The van der Waals surface area contributed by atoms with Gasteiger partial charge in [-0.2, -0.15) is 0 Å². The summed E-state index contributed by atoms with van der Waals surface area (Å²) in [5.41, 5.74) is 1.21. The van der Waals surface area contributed by atoms with Crippen molar-refractivity contribution in [1.29, 1.82) is 0 Å². The number of imide groups is 1. The molecule has 2 heterocycles. The Bertz CT molecular complexity index is 1120. The van der Waals surface area contributed by atoms with Gasteiger partial charge in [0.1, 0.15) is 17.3 Å². The quantitative estimate of drug-likeness (QED) is 0.564. The van der Waals surface area contributed by atoms with Crippen LogP contribution in [0.5, 0.6) is 5.75 Å². The first-order valence-corrected chi connectivity index (χ1v) is 10.3. The van der Waals surface area contributed by atoms with Crippen molar-refractivity contribution in [1.82, 2.24) is 0 Å². The maximum atomic E-state index is 13.6. The van der Waals surface area contributed by atoms with Crippen LogP contribution in [0, 0.1) is 5.82 Å². The Labute approximate surface area is 177 Å². The van der Waals surface area contributed by atoms with E-state index in [1.807, 2.05) is 25.3 Å². The number of carbonyl (C=O) groups is 2. The minimum Gasteiger partial charge on any atom is -0.491 e. The third-order valence-corrected chi connectivity index (χ3v) is 5.30. The molecule has 152 valence electrons. The topological polar surface area (TPSA) is 58.6 Å². The molecule has 0 bridgehead atoms. The molecule has 5 nitrogen and oxygen atoms in total. The number of nitrogens with zero attached hydrogens (tertiary/aromatic N) is 1. The molecular weight excluding hydrogens is 403 g/mol. The first-order chi connectivity index (χ1) is 14.4. The van der Waals surface area contributed by atoms with E-state index in [-0.39, 0.29) is 17.4 Å². The highest BCUT2D eigenvalue weighted by Crippen LogP contribution is 2.36. The van der Waals surface area contributed by atoms with Crippen molar-refractivity contribution < 1.29 is 18.7 Å². The average molecular weight is 422 g/mol. The van der Waals surface area contributed by atoms with Gasteiger partial charge in [0, 0.05) is 10.6 Å². The Morgan fingerprint density at radius 1 is 1.00 bits per heavy atom. The van der Waals surface area contributed by atoms with E-state index in [1.54, 1.807) is 36.4 Å². The van der Waals surface area contributed by atoms with Gasteiger partial charge in [-0.05, 0) is 67.8 Å². The number of hydrogen-bond acceptors (Lipinski definition) is 5. The van der Waals surface area contributed by atoms with Crippen molar-refractivity contribution in [3.63, 3.8) is 0 Å². The summed E-state index contributed by atoms with van der Waals surface area (Å²) < 4.78 is 19.3. The van der Waals surface area contributed by atoms with Crippen molar-refractivity contribution in [2.75, 3.05) is 10.2 Å². The van der Waals surface area contributed by atoms with E-state index in [9.17, 15) is 14.0 Å². The molecule has 0 fully saturated rings. The molecule has 0 unspecified atom stereocenters. The summed E-state index contributed by atoms with van der Waals surface area (Å²) in [4.78, 5) is 28.3. The lowest BCUT2D eigenvalue weighted by molar-refractivity contribution is -0.120. The fourth-order valence-corrected chi connectivity index (χ4v) is 3.95. The fraction of sp³-hybridized carbons (Fsp3) is 0.130. The largest absolute Gasteiger partial charge is 0.491 e. The molecule has 0 saturated carbocycles. The second-order valence-electron chi connectivity index (χ2n) is 6.97. The van der Waals surface area contributed by atoms with Gasteiger partial charge in [-0.3, -0.25) is 9.59 Å². The minimum atomic E-state index is -0.495. The molecule has 1 aromatic heterocycles. The molecule has 3 aromatic rings. The van der Waals surface area contributed by atoms with E-state index in [0.717, 1.165) is 4.90 Å². The van der Waals surface area contributed by atoms with Crippen LogP contribution in [0.2, 0.25) is 0 Å². The van der Waals surface area contributed by atoms with Crippen molar-refractivity contribution >= 4 is 40.1 Å². The Morgan fingerprint density at radius 2 is 1.77 bits per heavy atom. The van der Waals surface area contributed by atoms with Crippen LogP contribution in [0.1, 0.15) is 18.7 Å². The highest BCUT2D eigenvalue weighted by Gasteiger charge is 2.40. The Morgan fingerprint density at radius 3 is 2.40 bits per heavy atom. The highest BCUT2D eigenvalue weighted by molar-refractivity contribution is 7.11. The smallest absolute Gasteiger partial charge is 0.282 e. The number of halogens is 1. The van der Waals surface area contributed by atoms with Crippen LogP contribution in [0.3, 0.4) is 0 Å². The first kappa shape index (κ1) is 19.8. The molecular formula is C23H19FN2O3S. The predicted molar refractivity (Wildman–Crippen MR) is 116 cm³/mol. The summed E-state index contributed by atoms with van der Waals surface area (Å²) in [5.74, 6) is -0.714. The fourth-order valence-electron chi connectivity index (χ4n) is 3.19. The van der Waals surface area contributed by atoms with Crippen molar-refractivity contribution in [2.45, 2.75) is 20.0 Å². The van der Waals surface area contributed by atoms with Crippen LogP contribution in [-0.4, -0.2) is 17.9 Å². The number of ether oxygens (including phenoxy) is 1. The molecule has 4 rings (SSSR count). The van der Waals surface area contributed by atoms with Gasteiger partial charge < -0.3 is 10.1 Å². The molecule has 2 amide bonds. The van der Waals surface area contributed by atoms with E-state index < -0.39 is 17.6 Å². The maximum absolute atomic E-state index is 13.6. The first-order valence-electron chi connectivity index (χ1n) is 9.40. The lowest BCUT2D eigenvalue weighted by Gasteiger charge is -2.16. The van der Waals surface area contributed by atoms with E-state index in [0.29, 0.717) is 22.0 Å². The number of anilines is 2. The second kappa shape index (κ2) is 8.12. The number of hydrogen-bond donors (Lipinski definition) is 1. The SMILES string of the molecule is CC(C)Oc1ccc(N2C(=O)C(Nc3cccc(F)c3)=C(c3cccs3)C2=O)cc1. The van der Waals surface area contributed by atoms with E-state index in [1.165, 1.54) is 29.5 Å². The number of rotatable bonds is 6. The molecule has 0 saturated heterocycles. The molecule has 0 atom stereocenters. The van der Waals surface area contributed by atoms with Crippen molar-refractivity contribution in [2.24, 2.45) is 0 Å². The second-order valence-corrected chi connectivity index (χ2v) is 7.92. The number of carbonyl (C=O) groups excluding carboxylic acids is 2. The van der Waals surface area contributed by atoms with Crippen LogP contribution in [0.15, 0.2) is 71.7 Å². The third-order valence-electron chi connectivity index (χ3n) is 4.41. The summed E-state index contributed by atoms with van der Waals surface area (Å²) in [5, 5.41) is 4.78. The van der Waals surface area contributed by atoms with Crippen LogP contribution >= 0.6 is 11.3 Å². The Kier molecular flexibility index (Phi) is 5.37. The van der Waals surface area contributed by atoms with Crippen molar-refractivity contribution in [3.05, 3.63) is 82.4 Å². The third kappa shape index (κ3) is 3.84. The average Bonchev–Trinajstić information content (AvgIpc) is 3.30. The van der Waals surface area contributed by atoms with E-state index in [4.69, 9.17) is 4.74 Å². The van der Waals surface area contributed by atoms with Gasteiger partial charge in [0.2, 0.25) is 0 Å². The summed E-state index contributed by atoms with van der Waals surface area (Å²) in [6.45, 7) is 3.84. The zero-order valence-electron chi connectivity index (χ0n) is 16.4. The molecule has 7 heteroatoms. The van der Waals surface area contributed by atoms with Gasteiger partial charge >= 0.3 is 0 Å². The van der Waals surface area contributed by atoms with Gasteiger partial charge in [0.15, 0.2) is 0 Å². The van der Waals surface area contributed by atoms with Gasteiger partial charge in [0.25, 0.3) is 11.8 Å². The summed E-state index contributed by atoms with van der Waals surface area (Å²) in [6.07, 6.45) is 0.0140. The van der Waals surface area contributed by atoms with Gasteiger partial charge in [-0.25, -0.2) is 9.29 Å². The normalized spacial score (nSPS) is 14.1. The number of benzene rings is 2. The van der Waals surface area contributed by atoms with Crippen LogP contribution in [0.4, 0.5) is 15.8 Å². The number of thiophene rings is 1. The number of nitrogens with one attached hydrogen (secondary N) is 1. The van der Waals surface area contributed by atoms with Crippen LogP contribution in [-0.2, 0) is 9.59 Å². The van der Waals surface area contributed by atoms with E-state index in [2.05, 4.69) is 5.32 Å². The summed E-state index contributed by atoms with van der Waals surface area (Å²) in [7, 11) is 0.